The number of ether oxygens (including phenoxy) is 2. The molecule has 2 rings (SSSR count). The van der Waals surface area contributed by atoms with E-state index in [1.807, 2.05) is 0 Å². The van der Waals surface area contributed by atoms with Gasteiger partial charge in [-0.1, -0.05) is 60.7 Å². The molecule has 152 valence electrons. The van der Waals surface area contributed by atoms with Crippen LogP contribution in [0.4, 0.5) is 13.2 Å². The molecule has 0 spiro atoms. The summed E-state index contributed by atoms with van der Waals surface area (Å²) in [7, 11) is -3.97. The second kappa shape index (κ2) is 8.29. The largest absolute Gasteiger partial charge is 0.454 e. The van der Waals surface area contributed by atoms with E-state index in [0.717, 1.165) is 12.1 Å². The fraction of sp³-hybridized carbons (Fsp3) is 0.278. The van der Waals surface area contributed by atoms with Crippen molar-refractivity contribution in [3.63, 3.8) is 0 Å². The van der Waals surface area contributed by atoms with Gasteiger partial charge in [0.25, 0.3) is 15.7 Å². The van der Waals surface area contributed by atoms with Crippen LogP contribution in [0.3, 0.4) is 0 Å². The highest BCUT2D eigenvalue weighted by molar-refractivity contribution is 7.85. The second-order valence-electron chi connectivity index (χ2n) is 5.80. The third-order valence-corrected chi connectivity index (χ3v) is 4.68. The van der Waals surface area contributed by atoms with E-state index in [9.17, 15) is 26.4 Å². The number of alkyl halides is 3. The molecule has 2 aromatic carbocycles. The summed E-state index contributed by atoms with van der Waals surface area (Å²) in [5, 5.41) is 0. The highest BCUT2D eigenvalue weighted by Gasteiger charge is 2.64. The molecule has 0 aliphatic rings. The molecule has 0 amide bonds. The molecule has 0 fully saturated rings. The standard InChI is InChI=1S/C18H17F3O6S/c1-26-17(18(19,20)21,14-10-6-3-7-11-14)16(22)27-15(12-28(23,24)25)13-8-4-2-5-9-13/h2-11,15H,12H2,1H3,(H,23,24,25). The van der Waals surface area contributed by atoms with Gasteiger partial charge in [0.1, 0.15) is 11.9 Å². The van der Waals surface area contributed by atoms with Gasteiger partial charge in [0, 0.05) is 12.7 Å². The number of rotatable bonds is 7. The minimum Gasteiger partial charge on any atom is -0.454 e. The molecule has 0 bridgehead atoms. The van der Waals surface area contributed by atoms with Crippen molar-refractivity contribution in [2.45, 2.75) is 17.9 Å². The Kier molecular flexibility index (Phi) is 6.48. The first-order valence-electron chi connectivity index (χ1n) is 7.90. The monoisotopic (exact) mass is 418 g/mol. The number of carbonyl (C=O) groups excluding carboxylic acids is 1. The van der Waals surface area contributed by atoms with Gasteiger partial charge in [0.2, 0.25) is 0 Å². The Morgan fingerprint density at radius 2 is 1.54 bits per heavy atom. The SMILES string of the molecule is COC(C(=O)OC(CS(=O)(=O)O)c1ccccc1)(c1ccccc1)C(F)(F)F. The van der Waals surface area contributed by atoms with Crippen LogP contribution in [0.2, 0.25) is 0 Å². The molecule has 2 aromatic rings. The Labute approximate surface area is 159 Å². The van der Waals surface area contributed by atoms with Crippen molar-refractivity contribution in [1.82, 2.24) is 0 Å². The van der Waals surface area contributed by atoms with Gasteiger partial charge < -0.3 is 9.47 Å². The molecular formula is C18H17F3O6S. The molecule has 0 heterocycles. The highest BCUT2D eigenvalue weighted by atomic mass is 32.2. The number of halogens is 3. The number of esters is 1. The minimum atomic E-state index is -5.21. The lowest BCUT2D eigenvalue weighted by Crippen LogP contribution is -2.52. The predicted octanol–water partition coefficient (Wildman–Crippen LogP) is 3.26. The van der Waals surface area contributed by atoms with Crippen LogP contribution in [0.25, 0.3) is 0 Å². The molecule has 0 radical (unpaired) electrons. The van der Waals surface area contributed by atoms with Crippen molar-refractivity contribution in [1.29, 1.82) is 0 Å². The first-order chi connectivity index (χ1) is 13.0. The summed E-state index contributed by atoms with van der Waals surface area (Å²) in [5.74, 6) is -2.97. The summed E-state index contributed by atoms with van der Waals surface area (Å²) in [4.78, 5) is 12.7. The fourth-order valence-electron chi connectivity index (χ4n) is 2.66. The quantitative estimate of drug-likeness (QED) is 0.548. The maximum atomic E-state index is 13.9. The van der Waals surface area contributed by atoms with E-state index in [4.69, 9.17) is 9.29 Å². The first-order valence-corrected chi connectivity index (χ1v) is 9.51. The van der Waals surface area contributed by atoms with Crippen LogP contribution in [0.5, 0.6) is 0 Å². The zero-order chi connectivity index (χ0) is 21.0. The Morgan fingerprint density at radius 3 is 1.96 bits per heavy atom. The van der Waals surface area contributed by atoms with E-state index >= 15 is 0 Å². The average Bonchev–Trinajstić information content (AvgIpc) is 2.61. The number of hydrogen-bond acceptors (Lipinski definition) is 5. The van der Waals surface area contributed by atoms with Crippen molar-refractivity contribution < 1.29 is 40.4 Å². The topological polar surface area (TPSA) is 89.9 Å². The van der Waals surface area contributed by atoms with Crippen LogP contribution in [-0.4, -0.2) is 38.0 Å². The van der Waals surface area contributed by atoms with Crippen molar-refractivity contribution in [3.8, 4) is 0 Å². The zero-order valence-electron chi connectivity index (χ0n) is 14.6. The Morgan fingerprint density at radius 1 is 1.04 bits per heavy atom. The van der Waals surface area contributed by atoms with Gasteiger partial charge in [-0.3, -0.25) is 4.55 Å². The van der Waals surface area contributed by atoms with Gasteiger partial charge in [-0.2, -0.15) is 21.6 Å². The van der Waals surface area contributed by atoms with E-state index in [1.165, 1.54) is 42.5 Å². The molecule has 0 saturated heterocycles. The highest BCUT2D eigenvalue weighted by Crippen LogP contribution is 2.43. The summed E-state index contributed by atoms with van der Waals surface area (Å²) >= 11 is 0. The Balaban J connectivity index is 2.51. The predicted molar refractivity (Wildman–Crippen MR) is 92.9 cm³/mol. The molecule has 0 aliphatic heterocycles. The zero-order valence-corrected chi connectivity index (χ0v) is 15.4. The molecule has 0 aliphatic carbocycles. The van der Waals surface area contributed by atoms with Crippen LogP contribution in [0.15, 0.2) is 60.7 Å². The maximum Gasteiger partial charge on any atom is 0.432 e. The molecule has 10 heteroatoms. The summed E-state index contributed by atoms with van der Waals surface area (Å²) in [6.45, 7) is 0. The lowest BCUT2D eigenvalue weighted by molar-refractivity contribution is -0.278. The maximum absolute atomic E-state index is 13.9. The summed E-state index contributed by atoms with van der Waals surface area (Å²) in [5.41, 5.74) is -3.91. The first kappa shape index (κ1) is 21.9. The number of hydrogen-bond donors (Lipinski definition) is 1. The van der Waals surface area contributed by atoms with Gasteiger partial charge in [0.15, 0.2) is 0 Å². The molecular weight excluding hydrogens is 401 g/mol. The van der Waals surface area contributed by atoms with Crippen LogP contribution < -0.4 is 0 Å². The summed E-state index contributed by atoms with van der Waals surface area (Å²) in [6, 6.07) is 13.4. The summed E-state index contributed by atoms with van der Waals surface area (Å²) in [6.07, 6.45) is -6.89. The van der Waals surface area contributed by atoms with E-state index < -0.39 is 45.3 Å². The van der Waals surface area contributed by atoms with Crippen LogP contribution in [0, 0.1) is 0 Å². The Hall–Kier alpha value is -2.43. The van der Waals surface area contributed by atoms with Gasteiger partial charge in [-0.15, -0.1) is 0 Å². The molecule has 2 unspecified atom stereocenters. The molecule has 2 atom stereocenters. The molecule has 1 N–H and O–H groups in total. The van der Waals surface area contributed by atoms with Crippen LogP contribution >= 0.6 is 0 Å². The third kappa shape index (κ3) is 4.70. The van der Waals surface area contributed by atoms with E-state index in [1.54, 1.807) is 6.07 Å². The lowest BCUT2D eigenvalue weighted by Gasteiger charge is -2.33. The van der Waals surface area contributed by atoms with Gasteiger partial charge >= 0.3 is 12.1 Å². The average molecular weight is 418 g/mol. The molecule has 0 aromatic heterocycles. The van der Waals surface area contributed by atoms with Gasteiger partial charge in [0.05, 0.1) is 0 Å². The van der Waals surface area contributed by atoms with Crippen LogP contribution in [-0.2, 0) is 30.0 Å². The van der Waals surface area contributed by atoms with Gasteiger partial charge in [-0.25, -0.2) is 4.79 Å². The number of carbonyl (C=O) groups is 1. The summed E-state index contributed by atoms with van der Waals surface area (Å²) < 4.78 is 83.0. The fourth-order valence-corrected chi connectivity index (χ4v) is 3.30. The normalized spacial score (nSPS) is 15.5. The Bertz CT molecular complexity index is 900. The van der Waals surface area contributed by atoms with E-state index in [0.29, 0.717) is 7.11 Å². The van der Waals surface area contributed by atoms with Crippen molar-refractivity contribution in [2.24, 2.45) is 0 Å². The third-order valence-electron chi connectivity index (χ3n) is 3.96. The van der Waals surface area contributed by atoms with Crippen molar-refractivity contribution >= 4 is 16.1 Å². The number of methoxy groups -OCH3 is 1. The number of benzene rings is 2. The molecule has 28 heavy (non-hydrogen) atoms. The van der Waals surface area contributed by atoms with Crippen molar-refractivity contribution in [3.05, 3.63) is 71.8 Å². The van der Waals surface area contributed by atoms with Crippen molar-refractivity contribution in [2.75, 3.05) is 12.9 Å². The molecule has 0 saturated carbocycles. The van der Waals surface area contributed by atoms with E-state index in [2.05, 4.69) is 4.74 Å². The van der Waals surface area contributed by atoms with E-state index in [-0.39, 0.29) is 5.56 Å². The smallest absolute Gasteiger partial charge is 0.432 e. The molecule has 6 nitrogen and oxygen atoms in total. The minimum absolute atomic E-state index is 0.0914. The van der Waals surface area contributed by atoms with Gasteiger partial charge in [-0.05, 0) is 5.56 Å². The lowest BCUT2D eigenvalue weighted by atomic mass is 9.92. The van der Waals surface area contributed by atoms with Crippen LogP contribution in [0.1, 0.15) is 17.2 Å². The second-order valence-corrected chi connectivity index (χ2v) is 7.30.